The quantitative estimate of drug-likeness (QED) is 0.167. The summed E-state index contributed by atoms with van der Waals surface area (Å²) in [5.74, 6) is 2.87. The third-order valence-corrected chi connectivity index (χ3v) is 15.6. The highest BCUT2D eigenvalue weighted by Gasteiger charge is 2.51. The van der Waals surface area contributed by atoms with Crippen LogP contribution in [-0.2, 0) is 10.8 Å². The lowest BCUT2D eigenvalue weighted by atomic mass is 9.48. The number of benzene rings is 8. The van der Waals surface area contributed by atoms with Crippen molar-refractivity contribution in [3.63, 3.8) is 0 Å². The van der Waals surface area contributed by atoms with Gasteiger partial charge >= 0.3 is 0 Å². The Morgan fingerprint density at radius 1 is 0.475 bits per heavy atom. The summed E-state index contributed by atoms with van der Waals surface area (Å²) >= 11 is 0. The van der Waals surface area contributed by atoms with Gasteiger partial charge in [-0.05, 0) is 171 Å². The molecule has 0 radical (unpaired) electrons. The van der Waals surface area contributed by atoms with Gasteiger partial charge in [-0.3, -0.25) is 0 Å². The third kappa shape index (κ3) is 5.47. The van der Waals surface area contributed by atoms with Gasteiger partial charge in [-0.1, -0.05) is 135 Å². The molecule has 0 unspecified atom stereocenters. The molecule has 0 amide bonds. The lowest BCUT2D eigenvalue weighted by Gasteiger charge is -2.57. The Morgan fingerprint density at radius 2 is 1.05 bits per heavy atom. The fraction of sp³-hybridized carbons (Fsp3) is 0.220. The Morgan fingerprint density at radius 3 is 1.80 bits per heavy atom. The highest BCUT2D eigenvalue weighted by Crippen LogP contribution is 2.61. The Kier molecular flexibility index (Phi) is 7.58. The van der Waals surface area contributed by atoms with Crippen LogP contribution >= 0.6 is 0 Å². The Hall–Kier alpha value is -6.38. The van der Waals surface area contributed by atoms with Crippen molar-refractivity contribution >= 4 is 49.8 Å². The van der Waals surface area contributed by atoms with Gasteiger partial charge in [-0.25, -0.2) is 0 Å². The Labute approximate surface area is 358 Å². The van der Waals surface area contributed by atoms with Crippen LogP contribution in [0.5, 0.6) is 0 Å². The molecule has 8 aromatic carbocycles. The largest absolute Gasteiger partial charge is 0.454 e. The SMILES string of the molecule is CC1(C)c2cc(-c3ccc(C45CC6CC(CC(C6)C4)C5)cc3)ccc2-c2ccc(N(c3ccc(-c4ccc5ccccc5c4)cc3)c3cccc4c3oc3ccccc34)cc21. The molecule has 0 spiro atoms. The number of para-hydroxylation sites is 2. The molecule has 1 heterocycles. The van der Waals surface area contributed by atoms with Crippen LogP contribution in [0, 0.1) is 17.8 Å². The molecule has 0 saturated heterocycles. The molecular formula is C59H49NO. The highest BCUT2D eigenvalue weighted by molar-refractivity contribution is 6.10. The molecule has 2 nitrogen and oxygen atoms in total. The van der Waals surface area contributed by atoms with E-state index >= 15 is 0 Å². The molecule has 2 heteroatoms. The second-order valence-electron chi connectivity index (χ2n) is 19.6. The maximum Gasteiger partial charge on any atom is 0.159 e. The van der Waals surface area contributed by atoms with Gasteiger partial charge in [-0.2, -0.15) is 0 Å². The zero-order valence-corrected chi connectivity index (χ0v) is 35.0. The lowest BCUT2D eigenvalue weighted by molar-refractivity contribution is -0.00518. The van der Waals surface area contributed by atoms with E-state index in [1.807, 2.05) is 0 Å². The van der Waals surface area contributed by atoms with Crippen molar-refractivity contribution in [2.45, 2.75) is 63.2 Å². The summed E-state index contributed by atoms with van der Waals surface area (Å²) in [7, 11) is 0. The first kappa shape index (κ1) is 35.4. The number of furan rings is 1. The summed E-state index contributed by atoms with van der Waals surface area (Å²) in [5, 5.41) is 4.77. The van der Waals surface area contributed by atoms with Crippen molar-refractivity contribution in [3.05, 3.63) is 187 Å². The van der Waals surface area contributed by atoms with Crippen molar-refractivity contribution in [1.82, 2.24) is 0 Å². The second-order valence-corrected chi connectivity index (χ2v) is 19.6. The minimum Gasteiger partial charge on any atom is -0.454 e. The van der Waals surface area contributed by atoms with Crippen molar-refractivity contribution in [1.29, 1.82) is 0 Å². The average Bonchev–Trinajstić information content (AvgIpc) is 3.78. The molecule has 296 valence electrons. The van der Waals surface area contributed by atoms with Gasteiger partial charge in [0.15, 0.2) is 5.58 Å². The zero-order chi connectivity index (χ0) is 40.5. The number of rotatable bonds is 6. The van der Waals surface area contributed by atoms with Crippen molar-refractivity contribution in [2.75, 3.05) is 4.90 Å². The van der Waals surface area contributed by atoms with Gasteiger partial charge in [0.05, 0.1) is 5.69 Å². The fourth-order valence-corrected chi connectivity index (χ4v) is 13.0. The smallest absolute Gasteiger partial charge is 0.159 e. The van der Waals surface area contributed by atoms with E-state index in [0.29, 0.717) is 5.41 Å². The first-order valence-corrected chi connectivity index (χ1v) is 22.6. The molecule has 9 aromatic rings. The van der Waals surface area contributed by atoms with Gasteiger partial charge in [0.25, 0.3) is 0 Å². The molecule has 4 bridgehead atoms. The van der Waals surface area contributed by atoms with E-state index in [-0.39, 0.29) is 5.41 Å². The monoisotopic (exact) mass is 787 g/mol. The molecule has 5 aliphatic rings. The number of hydrogen-bond donors (Lipinski definition) is 0. The van der Waals surface area contributed by atoms with E-state index < -0.39 is 0 Å². The number of anilines is 3. The predicted molar refractivity (Wildman–Crippen MR) is 254 cm³/mol. The molecule has 5 aliphatic carbocycles. The standard InChI is InChI=1S/C59H49NO/c1-58(2)53-32-45(41-16-21-46(22-17-41)59-34-37-28-38(35-59)30-39(29-37)36-59)20-26-49(53)50-27-25-48(33-54(50)58)60(55-12-7-11-52-51-10-5-6-13-56(51)61-57(52)55)47-23-18-42(19-24-47)44-15-14-40-8-3-4-9-43(40)31-44/h3-27,31-33,37-39H,28-30,34-36H2,1-2H3. The molecule has 14 rings (SSSR count). The maximum absolute atomic E-state index is 6.71. The molecule has 0 aliphatic heterocycles. The number of nitrogens with zero attached hydrogens (tertiary/aromatic N) is 1. The van der Waals surface area contributed by atoms with Gasteiger partial charge < -0.3 is 9.32 Å². The molecule has 0 N–H and O–H groups in total. The Balaban J connectivity index is 0.881. The van der Waals surface area contributed by atoms with Crippen LogP contribution in [-0.4, -0.2) is 0 Å². The lowest BCUT2D eigenvalue weighted by Crippen LogP contribution is -2.48. The van der Waals surface area contributed by atoms with Gasteiger partial charge in [-0.15, -0.1) is 0 Å². The van der Waals surface area contributed by atoms with Crippen molar-refractivity contribution in [2.24, 2.45) is 17.8 Å². The van der Waals surface area contributed by atoms with E-state index in [1.165, 1.54) is 93.8 Å². The average molecular weight is 788 g/mol. The summed E-state index contributed by atoms with van der Waals surface area (Å²) in [6.07, 6.45) is 8.69. The normalized spacial score (nSPS) is 21.9. The third-order valence-electron chi connectivity index (χ3n) is 15.6. The van der Waals surface area contributed by atoms with Crippen LogP contribution < -0.4 is 4.90 Å². The molecular weight excluding hydrogens is 739 g/mol. The first-order chi connectivity index (χ1) is 29.9. The Bertz CT molecular complexity index is 3160. The predicted octanol–water partition coefficient (Wildman–Crippen LogP) is 16.3. The van der Waals surface area contributed by atoms with E-state index in [1.54, 1.807) is 5.56 Å². The number of hydrogen-bond acceptors (Lipinski definition) is 2. The van der Waals surface area contributed by atoms with Crippen LogP contribution in [0.2, 0.25) is 0 Å². The van der Waals surface area contributed by atoms with Crippen molar-refractivity contribution in [3.8, 4) is 33.4 Å². The topological polar surface area (TPSA) is 16.4 Å². The number of fused-ring (bicyclic) bond motifs is 7. The molecule has 61 heavy (non-hydrogen) atoms. The summed E-state index contributed by atoms with van der Waals surface area (Å²) in [6.45, 7) is 4.81. The molecule has 1 aromatic heterocycles. The van der Waals surface area contributed by atoms with Gasteiger partial charge in [0.2, 0.25) is 0 Å². The zero-order valence-electron chi connectivity index (χ0n) is 35.0. The van der Waals surface area contributed by atoms with E-state index in [2.05, 4.69) is 189 Å². The van der Waals surface area contributed by atoms with Crippen LogP contribution in [0.4, 0.5) is 17.1 Å². The van der Waals surface area contributed by atoms with Crippen molar-refractivity contribution < 1.29 is 4.42 Å². The van der Waals surface area contributed by atoms with E-state index in [4.69, 9.17) is 4.42 Å². The highest BCUT2D eigenvalue weighted by atomic mass is 16.3. The minimum absolute atomic E-state index is 0.188. The maximum atomic E-state index is 6.71. The van der Waals surface area contributed by atoms with Gasteiger partial charge in [0, 0.05) is 27.6 Å². The second kappa shape index (κ2) is 13.1. The van der Waals surface area contributed by atoms with Crippen LogP contribution in [0.3, 0.4) is 0 Å². The summed E-state index contributed by atoms with van der Waals surface area (Å²) in [4.78, 5) is 2.39. The summed E-state index contributed by atoms with van der Waals surface area (Å²) in [6, 6.07) is 63.4. The minimum atomic E-state index is -0.188. The molecule has 0 atom stereocenters. The van der Waals surface area contributed by atoms with E-state index in [9.17, 15) is 0 Å². The summed E-state index contributed by atoms with van der Waals surface area (Å²) in [5.41, 5.74) is 17.3. The van der Waals surface area contributed by atoms with Gasteiger partial charge in [0.1, 0.15) is 5.58 Å². The first-order valence-electron chi connectivity index (χ1n) is 22.6. The van der Waals surface area contributed by atoms with Crippen LogP contribution in [0.1, 0.15) is 69.1 Å². The van der Waals surface area contributed by atoms with E-state index in [0.717, 1.165) is 56.8 Å². The molecule has 4 fully saturated rings. The fourth-order valence-electron chi connectivity index (χ4n) is 13.0. The van der Waals surface area contributed by atoms with Crippen LogP contribution in [0.15, 0.2) is 174 Å². The summed E-state index contributed by atoms with van der Waals surface area (Å²) < 4.78 is 6.71. The van der Waals surface area contributed by atoms with Crippen LogP contribution in [0.25, 0.3) is 66.1 Å². The molecule has 4 saturated carbocycles.